The average molecular weight is 312 g/mol. The van der Waals surface area contributed by atoms with E-state index in [1.165, 1.54) is 0 Å². The van der Waals surface area contributed by atoms with Crippen LogP contribution in [0.5, 0.6) is 0 Å². The van der Waals surface area contributed by atoms with Crippen LogP contribution in [0.15, 0.2) is 30.3 Å². The van der Waals surface area contributed by atoms with Gasteiger partial charge in [-0.15, -0.1) is 0 Å². The maximum absolute atomic E-state index is 10.2. The van der Waals surface area contributed by atoms with Crippen molar-refractivity contribution in [2.45, 2.75) is 51.9 Å². The van der Waals surface area contributed by atoms with E-state index in [1.54, 1.807) is 37.3 Å². The third-order valence-electron chi connectivity index (χ3n) is 3.51. The largest absolute Gasteiger partial charge is 0.478 e. The average Bonchev–Trinajstić information content (AvgIpc) is 2.37. The lowest BCUT2D eigenvalue weighted by atomic mass is 10.2. The molecule has 0 bridgehead atoms. The molecule has 0 fully saturated rings. The number of carboxylic acids is 1. The van der Waals surface area contributed by atoms with Gasteiger partial charge in [0.05, 0.1) is 18.3 Å². The molecule has 0 heterocycles. The van der Waals surface area contributed by atoms with Crippen LogP contribution in [0.25, 0.3) is 0 Å². The number of aliphatic hydroxyl groups excluding tert-OH is 1. The number of benzene rings is 1. The van der Waals surface area contributed by atoms with Crippen LogP contribution in [-0.2, 0) is 4.43 Å². The summed E-state index contributed by atoms with van der Waals surface area (Å²) in [6, 6.07) is 8.30. The lowest BCUT2D eigenvalue weighted by Crippen LogP contribution is -2.42. The molecule has 4 nitrogen and oxygen atoms in total. The molecule has 120 valence electrons. The Morgan fingerprint density at radius 1 is 1.24 bits per heavy atom. The highest BCUT2D eigenvalue weighted by atomic mass is 28.4. The van der Waals surface area contributed by atoms with Crippen molar-refractivity contribution in [3.63, 3.8) is 0 Å². The van der Waals surface area contributed by atoms with Crippen molar-refractivity contribution in [3.8, 4) is 0 Å². The Bertz CT molecular complexity index is 422. The SMILES string of the molecule is C[C@H](O)CO[Si](C)(C)C(C)(C)C.O=C(O)c1ccccc1. The van der Waals surface area contributed by atoms with Gasteiger partial charge in [-0.05, 0) is 37.2 Å². The molecule has 1 aromatic rings. The molecular weight excluding hydrogens is 284 g/mol. The van der Waals surface area contributed by atoms with Gasteiger partial charge in [-0.1, -0.05) is 39.0 Å². The van der Waals surface area contributed by atoms with Crippen molar-refractivity contribution in [2.24, 2.45) is 0 Å². The van der Waals surface area contributed by atoms with E-state index in [2.05, 4.69) is 33.9 Å². The van der Waals surface area contributed by atoms with Gasteiger partial charge in [0.15, 0.2) is 8.32 Å². The fourth-order valence-electron chi connectivity index (χ4n) is 1.13. The molecule has 0 saturated carbocycles. The van der Waals surface area contributed by atoms with Crippen molar-refractivity contribution in [1.82, 2.24) is 0 Å². The molecule has 1 aromatic carbocycles. The third-order valence-corrected chi connectivity index (χ3v) is 8.01. The number of aliphatic hydroxyl groups is 1. The summed E-state index contributed by atoms with van der Waals surface area (Å²) in [5.41, 5.74) is 0.331. The summed E-state index contributed by atoms with van der Waals surface area (Å²) in [4.78, 5) is 10.2. The predicted octanol–water partition coefficient (Wildman–Crippen LogP) is 3.77. The first-order valence-corrected chi connectivity index (χ1v) is 9.98. The Morgan fingerprint density at radius 2 is 1.71 bits per heavy atom. The highest BCUT2D eigenvalue weighted by molar-refractivity contribution is 6.74. The summed E-state index contributed by atoms with van der Waals surface area (Å²) >= 11 is 0. The second kappa shape index (κ2) is 8.31. The van der Waals surface area contributed by atoms with Crippen molar-refractivity contribution < 1.29 is 19.4 Å². The minimum Gasteiger partial charge on any atom is -0.478 e. The summed E-state index contributed by atoms with van der Waals surface area (Å²) in [5, 5.41) is 17.7. The number of carboxylic acid groups (broad SMARTS) is 1. The van der Waals surface area contributed by atoms with E-state index in [-0.39, 0.29) is 11.1 Å². The van der Waals surface area contributed by atoms with E-state index >= 15 is 0 Å². The zero-order chi connectivity index (χ0) is 16.7. The fraction of sp³-hybridized carbons (Fsp3) is 0.562. The molecule has 5 heteroatoms. The number of hydrogen-bond donors (Lipinski definition) is 2. The molecule has 0 saturated heterocycles. The smallest absolute Gasteiger partial charge is 0.335 e. The van der Waals surface area contributed by atoms with Gasteiger partial charge < -0.3 is 14.6 Å². The Morgan fingerprint density at radius 3 is 2.00 bits per heavy atom. The van der Waals surface area contributed by atoms with E-state index in [9.17, 15) is 4.79 Å². The van der Waals surface area contributed by atoms with Gasteiger partial charge in [0, 0.05) is 0 Å². The van der Waals surface area contributed by atoms with Crippen LogP contribution in [0.3, 0.4) is 0 Å². The first-order valence-electron chi connectivity index (χ1n) is 7.08. The summed E-state index contributed by atoms with van der Waals surface area (Å²) in [5.74, 6) is -0.879. The van der Waals surface area contributed by atoms with Gasteiger partial charge in [-0.2, -0.15) is 0 Å². The van der Waals surface area contributed by atoms with Crippen molar-refractivity contribution in [3.05, 3.63) is 35.9 Å². The third kappa shape index (κ3) is 7.99. The minimum absolute atomic E-state index is 0.238. The predicted molar refractivity (Wildman–Crippen MR) is 88.2 cm³/mol. The van der Waals surface area contributed by atoms with Gasteiger partial charge >= 0.3 is 5.97 Å². The quantitative estimate of drug-likeness (QED) is 0.830. The van der Waals surface area contributed by atoms with E-state index in [4.69, 9.17) is 14.6 Å². The molecule has 0 aliphatic heterocycles. The molecule has 2 N–H and O–H groups in total. The molecule has 1 rings (SSSR count). The molecule has 0 radical (unpaired) electrons. The van der Waals surface area contributed by atoms with Crippen LogP contribution >= 0.6 is 0 Å². The zero-order valence-electron chi connectivity index (χ0n) is 13.9. The van der Waals surface area contributed by atoms with Crippen LogP contribution in [0.1, 0.15) is 38.1 Å². The second-order valence-electron chi connectivity index (χ2n) is 6.59. The van der Waals surface area contributed by atoms with Gasteiger partial charge in [-0.3, -0.25) is 0 Å². The summed E-state index contributed by atoms with van der Waals surface area (Å²) in [6.45, 7) is 13.2. The van der Waals surface area contributed by atoms with Crippen LogP contribution in [-0.4, -0.2) is 37.2 Å². The van der Waals surface area contributed by atoms with E-state index in [0.29, 0.717) is 12.2 Å². The number of hydrogen-bond acceptors (Lipinski definition) is 3. The monoisotopic (exact) mass is 312 g/mol. The molecule has 0 aliphatic rings. The van der Waals surface area contributed by atoms with Crippen molar-refractivity contribution >= 4 is 14.3 Å². The van der Waals surface area contributed by atoms with Crippen molar-refractivity contribution in [1.29, 1.82) is 0 Å². The summed E-state index contributed by atoms with van der Waals surface area (Å²) in [6.07, 6.45) is -0.348. The summed E-state index contributed by atoms with van der Waals surface area (Å²) < 4.78 is 5.74. The number of carbonyl (C=O) groups is 1. The Hall–Kier alpha value is -1.17. The van der Waals surface area contributed by atoms with Gasteiger partial charge in [-0.25, -0.2) is 4.79 Å². The first-order chi connectivity index (χ1) is 9.47. The maximum atomic E-state index is 10.2. The first kappa shape index (κ1) is 19.8. The van der Waals surface area contributed by atoms with E-state index in [0.717, 1.165) is 0 Å². The highest BCUT2D eigenvalue weighted by Gasteiger charge is 2.37. The number of rotatable bonds is 4. The Kier molecular flexibility index (Phi) is 7.85. The Labute approximate surface area is 128 Å². The lowest BCUT2D eigenvalue weighted by Gasteiger charge is -2.36. The number of aromatic carboxylic acids is 1. The normalized spacial score (nSPS) is 13.1. The molecule has 1 atom stereocenters. The van der Waals surface area contributed by atoms with Crippen molar-refractivity contribution in [2.75, 3.05) is 6.61 Å². The fourth-order valence-corrected chi connectivity index (χ4v) is 2.22. The molecule has 0 amide bonds. The topological polar surface area (TPSA) is 66.8 Å². The van der Waals surface area contributed by atoms with Gasteiger partial charge in [0.1, 0.15) is 0 Å². The van der Waals surface area contributed by atoms with Crippen LogP contribution in [0, 0.1) is 0 Å². The minimum atomic E-state index is -1.63. The molecule has 0 aliphatic carbocycles. The van der Waals surface area contributed by atoms with Gasteiger partial charge in [0.2, 0.25) is 0 Å². The van der Waals surface area contributed by atoms with E-state index in [1.807, 2.05) is 0 Å². The standard InChI is InChI=1S/C9H22O2Si.C7H6O2/c1-8(10)7-11-12(5,6)9(2,3)4;8-7(9)6-4-2-1-3-5-6/h8,10H,7H2,1-6H3;1-5H,(H,8,9)/t8-;/m0./s1. The lowest BCUT2D eigenvalue weighted by molar-refractivity contribution is 0.0697. The Balaban J connectivity index is 0.000000394. The molecule has 21 heavy (non-hydrogen) atoms. The second-order valence-corrected chi connectivity index (χ2v) is 11.4. The summed E-state index contributed by atoms with van der Waals surface area (Å²) in [7, 11) is -1.63. The highest BCUT2D eigenvalue weighted by Crippen LogP contribution is 2.36. The maximum Gasteiger partial charge on any atom is 0.335 e. The van der Waals surface area contributed by atoms with Crippen LogP contribution in [0.2, 0.25) is 18.1 Å². The van der Waals surface area contributed by atoms with Crippen LogP contribution in [0.4, 0.5) is 0 Å². The molecular formula is C16H28O4Si. The zero-order valence-corrected chi connectivity index (χ0v) is 14.9. The molecule has 0 unspecified atom stereocenters. The molecule has 0 aromatic heterocycles. The molecule has 0 spiro atoms. The van der Waals surface area contributed by atoms with Crippen LogP contribution < -0.4 is 0 Å². The van der Waals surface area contributed by atoms with Gasteiger partial charge in [0.25, 0.3) is 0 Å². The van der Waals surface area contributed by atoms with E-state index < -0.39 is 14.3 Å².